The molecule has 0 aliphatic rings. The van der Waals surface area contributed by atoms with E-state index in [0.717, 1.165) is 26.5 Å². The molecule has 0 bridgehead atoms. The third kappa shape index (κ3) is 5.71. The molecule has 1 aromatic heterocycles. The summed E-state index contributed by atoms with van der Waals surface area (Å²) in [6.45, 7) is 0.420. The molecule has 34 heavy (non-hydrogen) atoms. The van der Waals surface area contributed by atoms with Crippen molar-refractivity contribution in [3.8, 4) is 5.75 Å². The number of aromatic nitrogens is 1. The van der Waals surface area contributed by atoms with Crippen molar-refractivity contribution in [3.05, 3.63) is 100 Å². The largest absolute Gasteiger partial charge is 0.484 e. The van der Waals surface area contributed by atoms with E-state index < -0.39 is 0 Å². The van der Waals surface area contributed by atoms with Gasteiger partial charge in [-0.3, -0.25) is 4.79 Å². The molecule has 4 aromatic rings. The number of hydrazone groups is 1. The molecule has 0 radical (unpaired) electrons. The van der Waals surface area contributed by atoms with Crippen LogP contribution < -0.4 is 10.2 Å². The van der Waals surface area contributed by atoms with Crippen LogP contribution in [0.2, 0.25) is 0 Å². The van der Waals surface area contributed by atoms with Gasteiger partial charge in [0.1, 0.15) is 5.75 Å². The Labute approximate surface area is 205 Å². The minimum Gasteiger partial charge on any atom is -0.484 e. The van der Waals surface area contributed by atoms with Crippen molar-refractivity contribution >= 4 is 44.9 Å². The number of nitrogens with one attached hydrogen (secondary N) is 1. The molecule has 0 spiro atoms. The Morgan fingerprint density at radius 3 is 2.65 bits per heavy atom. The van der Waals surface area contributed by atoms with Gasteiger partial charge in [-0.2, -0.15) is 5.10 Å². The van der Waals surface area contributed by atoms with Gasteiger partial charge in [0.05, 0.1) is 18.9 Å². The first-order valence-corrected chi connectivity index (χ1v) is 11.3. The van der Waals surface area contributed by atoms with Crippen LogP contribution in [-0.2, 0) is 16.1 Å². The zero-order chi connectivity index (χ0) is 23.9. The Morgan fingerprint density at radius 1 is 1.06 bits per heavy atom. The molecule has 1 heterocycles. The number of nitrogens with zero attached hydrogens (tertiary/aromatic N) is 2. The molecule has 0 fully saturated rings. The van der Waals surface area contributed by atoms with Crippen molar-refractivity contribution in [3.63, 3.8) is 0 Å². The zero-order valence-corrected chi connectivity index (χ0v) is 20.0. The van der Waals surface area contributed by atoms with Gasteiger partial charge in [-0.25, -0.2) is 10.2 Å². The van der Waals surface area contributed by atoms with E-state index in [1.165, 1.54) is 7.11 Å². The van der Waals surface area contributed by atoms with Crippen LogP contribution in [0.4, 0.5) is 0 Å². The van der Waals surface area contributed by atoms with Gasteiger partial charge in [-0.15, -0.1) is 0 Å². The molecular formula is C26H22BrN3O4. The van der Waals surface area contributed by atoms with E-state index in [0.29, 0.717) is 17.9 Å². The number of para-hydroxylation sites is 1. The molecule has 3 aromatic carbocycles. The summed E-state index contributed by atoms with van der Waals surface area (Å²) in [6.07, 6.45) is 3.57. The van der Waals surface area contributed by atoms with Gasteiger partial charge in [0.25, 0.3) is 5.91 Å². The molecule has 172 valence electrons. The second-order valence-corrected chi connectivity index (χ2v) is 8.37. The molecule has 0 unspecified atom stereocenters. The van der Waals surface area contributed by atoms with Gasteiger partial charge in [0.2, 0.25) is 0 Å². The highest BCUT2D eigenvalue weighted by Crippen LogP contribution is 2.22. The molecule has 8 heteroatoms. The van der Waals surface area contributed by atoms with E-state index in [1.807, 2.05) is 60.8 Å². The summed E-state index contributed by atoms with van der Waals surface area (Å²) in [7, 11) is 1.37. The van der Waals surface area contributed by atoms with Crippen LogP contribution in [0.25, 0.3) is 10.9 Å². The van der Waals surface area contributed by atoms with E-state index in [1.54, 1.807) is 24.4 Å². The van der Waals surface area contributed by atoms with Crippen LogP contribution >= 0.6 is 15.9 Å². The van der Waals surface area contributed by atoms with Gasteiger partial charge in [0.15, 0.2) is 6.61 Å². The van der Waals surface area contributed by atoms with Crippen LogP contribution in [0.5, 0.6) is 5.75 Å². The highest BCUT2D eigenvalue weighted by Gasteiger charge is 2.10. The lowest BCUT2D eigenvalue weighted by molar-refractivity contribution is -0.123. The third-order valence-electron chi connectivity index (χ3n) is 5.10. The van der Waals surface area contributed by atoms with Crippen LogP contribution in [0.3, 0.4) is 0 Å². The number of benzene rings is 3. The molecule has 7 nitrogen and oxygen atoms in total. The fourth-order valence-corrected chi connectivity index (χ4v) is 3.77. The van der Waals surface area contributed by atoms with Gasteiger partial charge >= 0.3 is 5.97 Å². The highest BCUT2D eigenvalue weighted by molar-refractivity contribution is 9.10. The lowest BCUT2D eigenvalue weighted by atomic mass is 10.1. The molecule has 0 aliphatic heterocycles. The number of amides is 1. The first-order valence-electron chi connectivity index (χ1n) is 10.5. The van der Waals surface area contributed by atoms with Crippen molar-refractivity contribution in [1.29, 1.82) is 0 Å². The lowest BCUT2D eigenvalue weighted by Gasteiger charge is -2.07. The summed E-state index contributed by atoms with van der Waals surface area (Å²) < 4.78 is 13.3. The maximum absolute atomic E-state index is 12.1. The molecule has 4 rings (SSSR count). The number of rotatable bonds is 8. The normalized spacial score (nSPS) is 11.0. The number of carbonyl (C=O) groups excluding carboxylic acids is 2. The van der Waals surface area contributed by atoms with E-state index >= 15 is 0 Å². The number of esters is 1. The summed E-state index contributed by atoms with van der Waals surface area (Å²) in [5.41, 5.74) is 5.83. The maximum atomic E-state index is 12.1. The number of methoxy groups -OCH3 is 1. The van der Waals surface area contributed by atoms with Crippen molar-refractivity contribution in [1.82, 2.24) is 9.99 Å². The second kappa shape index (κ2) is 10.8. The summed E-state index contributed by atoms with van der Waals surface area (Å²) in [5, 5.41) is 5.10. The molecule has 1 N–H and O–H groups in total. The quantitative estimate of drug-likeness (QED) is 0.206. The van der Waals surface area contributed by atoms with Gasteiger partial charge in [-0.1, -0.05) is 46.3 Å². The Hall–Kier alpha value is -3.91. The molecule has 0 saturated heterocycles. The Kier molecular flexibility index (Phi) is 7.39. The van der Waals surface area contributed by atoms with Crippen LogP contribution in [0.1, 0.15) is 21.5 Å². The number of fused-ring (bicyclic) bond motifs is 1. The van der Waals surface area contributed by atoms with E-state index in [2.05, 4.69) is 31.0 Å². The zero-order valence-electron chi connectivity index (χ0n) is 18.4. The number of halogens is 1. The minimum atomic E-state index is -0.369. The Balaban J connectivity index is 1.45. The third-order valence-corrected chi connectivity index (χ3v) is 5.63. The first-order chi connectivity index (χ1) is 16.5. The summed E-state index contributed by atoms with van der Waals surface area (Å²) in [5.74, 6) is -0.129. The Bertz CT molecular complexity index is 1350. The van der Waals surface area contributed by atoms with Crippen molar-refractivity contribution in [2.24, 2.45) is 5.10 Å². The first kappa shape index (κ1) is 23.3. The number of ether oxygens (including phenoxy) is 2. The van der Waals surface area contributed by atoms with E-state index in [-0.39, 0.29) is 18.5 Å². The van der Waals surface area contributed by atoms with Gasteiger partial charge < -0.3 is 14.0 Å². The predicted octanol–water partition coefficient (Wildman–Crippen LogP) is 4.77. The van der Waals surface area contributed by atoms with E-state index in [4.69, 9.17) is 9.47 Å². The van der Waals surface area contributed by atoms with Crippen molar-refractivity contribution in [2.75, 3.05) is 13.7 Å². The summed E-state index contributed by atoms with van der Waals surface area (Å²) in [6, 6.07) is 22.5. The topological polar surface area (TPSA) is 81.9 Å². The fourth-order valence-electron chi connectivity index (χ4n) is 3.51. The standard InChI is InChI=1S/C26H22BrN3O4/c1-33-26(32)19-6-4-5-18(13-19)15-30-16-20(23-7-2-3-8-24(23)30)14-28-29-25(31)17-34-22-11-9-21(27)10-12-22/h2-14,16H,15,17H2,1H3,(H,29,31)/b28-14-. The fraction of sp³-hybridized carbons (Fsp3) is 0.115. The van der Waals surface area contributed by atoms with Crippen molar-refractivity contribution in [2.45, 2.75) is 6.54 Å². The molecular weight excluding hydrogens is 498 g/mol. The molecule has 1 amide bonds. The summed E-state index contributed by atoms with van der Waals surface area (Å²) in [4.78, 5) is 23.9. The maximum Gasteiger partial charge on any atom is 0.337 e. The predicted molar refractivity (Wildman–Crippen MR) is 134 cm³/mol. The molecule has 0 aliphatic carbocycles. The second-order valence-electron chi connectivity index (χ2n) is 7.46. The average Bonchev–Trinajstić information content (AvgIpc) is 3.20. The Morgan fingerprint density at radius 2 is 1.85 bits per heavy atom. The van der Waals surface area contributed by atoms with Crippen LogP contribution in [0, 0.1) is 0 Å². The number of hydrogen-bond acceptors (Lipinski definition) is 5. The average molecular weight is 520 g/mol. The van der Waals surface area contributed by atoms with E-state index in [9.17, 15) is 9.59 Å². The SMILES string of the molecule is COC(=O)c1cccc(Cn2cc(/C=N\NC(=O)COc3ccc(Br)cc3)c3ccccc32)c1. The highest BCUT2D eigenvalue weighted by atomic mass is 79.9. The monoisotopic (exact) mass is 519 g/mol. The number of carbonyl (C=O) groups is 2. The summed E-state index contributed by atoms with van der Waals surface area (Å²) >= 11 is 3.36. The van der Waals surface area contributed by atoms with Crippen molar-refractivity contribution < 1.29 is 19.1 Å². The lowest BCUT2D eigenvalue weighted by Crippen LogP contribution is -2.24. The molecule has 0 atom stereocenters. The van der Waals surface area contributed by atoms with Gasteiger partial charge in [0, 0.05) is 33.7 Å². The van der Waals surface area contributed by atoms with Crippen LogP contribution in [0.15, 0.2) is 88.6 Å². The van der Waals surface area contributed by atoms with Gasteiger partial charge in [-0.05, 0) is 48.0 Å². The smallest absolute Gasteiger partial charge is 0.337 e. The van der Waals surface area contributed by atoms with Crippen LogP contribution in [-0.4, -0.2) is 36.4 Å². The molecule has 0 saturated carbocycles. The number of hydrogen-bond donors (Lipinski definition) is 1. The minimum absolute atomic E-state index is 0.142.